The van der Waals surface area contributed by atoms with Gasteiger partial charge in [-0.15, -0.1) is 0 Å². The van der Waals surface area contributed by atoms with E-state index in [1.165, 1.54) is 12.1 Å². The molecule has 0 radical (unpaired) electrons. The van der Waals surface area contributed by atoms with Crippen molar-refractivity contribution < 1.29 is 33.9 Å². The first-order valence-electron chi connectivity index (χ1n) is 22.5. The molecule has 0 aliphatic carbocycles. The number of carbonyl (C=O) groups is 6. The maximum atomic E-state index is 14.8. The first-order valence-corrected chi connectivity index (χ1v) is 22.5. The lowest BCUT2D eigenvalue weighted by molar-refractivity contribution is -0.135. The van der Waals surface area contributed by atoms with Crippen molar-refractivity contribution in [2.24, 2.45) is 11.7 Å². The number of para-hydroxylation sites is 2. The van der Waals surface area contributed by atoms with Crippen molar-refractivity contribution in [1.29, 1.82) is 0 Å². The quantitative estimate of drug-likeness (QED) is 0.0436. The fraction of sp³-hybridized carbons (Fsp3) is 0.333. The lowest BCUT2D eigenvalue weighted by Gasteiger charge is -2.28. The molecule has 15 nitrogen and oxygen atoms in total. The number of nitrogens with one attached hydrogen (secondary N) is 7. The van der Waals surface area contributed by atoms with Crippen LogP contribution in [0.4, 0.5) is 0 Å². The third kappa shape index (κ3) is 13.3. The van der Waals surface area contributed by atoms with E-state index in [0.29, 0.717) is 18.4 Å². The van der Waals surface area contributed by atoms with Crippen LogP contribution in [-0.4, -0.2) is 80.7 Å². The third-order valence-corrected chi connectivity index (χ3v) is 11.5. The van der Waals surface area contributed by atoms with Crippen molar-refractivity contribution in [2.45, 2.75) is 102 Å². The highest BCUT2D eigenvalue weighted by molar-refractivity contribution is 5.97. The van der Waals surface area contributed by atoms with Crippen LogP contribution in [0.1, 0.15) is 68.7 Å². The molecule has 6 amide bonds. The second kappa shape index (κ2) is 23.0. The van der Waals surface area contributed by atoms with Gasteiger partial charge in [-0.05, 0) is 65.3 Å². The van der Waals surface area contributed by atoms with Crippen LogP contribution in [0.2, 0.25) is 0 Å². The Balaban J connectivity index is 1.30. The standard InChI is InChI=1S/C51H60N8O7/c1-4-5-17-41(47(52)62)56-48(63)42(24-31(2)3)57-51(66)45(28-35-30-54-40-19-12-10-16-38(35)40)59-49(64)43(25-32-13-7-6-8-14-32)58-50(65)44(27-34-29-53-39-18-11-9-15-37(34)39)55-46(61)26-33-20-22-36(60)23-21-33/h6-16,18-23,29-31,41-45,53-54,60H,4-5,17,24-28H2,1-3H3,(H2,52,62)(H,55,61)(H,56,63)(H,57,66)(H,58,65)(H,59,64)/t41-,42-,43-,44+,45+/m0/s1. The Hall–Kier alpha value is -7.42. The van der Waals surface area contributed by atoms with Crippen LogP contribution in [0.3, 0.4) is 0 Å². The molecule has 0 fully saturated rings. The summed E-state index contributed by atoms with van der Waals surface area (Å²) >= 11 is 0. The minimum absolute atomic E-state index is 0.0144. The largest absolute Gasteiger partial charge is 0.508 e. The van der Waals surface area contributed by atoms with Gasteiger partial charge in [-0.2, -0.15) is 0 Å². The van der Waals surface area contributed by atoms with E-state index in [0.717, 1.165) is 44.9 Å². The molecule has 4 aromatic carbocycles. The van der Waals surface area contributed by atoms with E-state index in [1.54, 1.807) is 24.5 Å². The summed E-state index contributed by atoms with van der Waals surface area (Å²) in [5.41, 5.74) is 10.2. The van der Waals surface area contributed by atoms with Gasteiger partial charge in [-0.3, -0.25) is 28.8 Å². The molecule has 6 rings (SSSR count). The molecule has 0 aliphatic heterocycles. The van der Waals surface area contributed by atoms with Crippen LogP contribution in [0.5, 0.6) is 5.75 Å². The van der Waals surface area contributed by atoms with Gasteiger partial charge in [0.25, 0.3) is 0 Å². The highest BCUT2D eigenvalue weighted by atomic mass is 16.3. The first kappa shape index (κ1) is 48.0. The summed E-state index contributed by atoms with van der Waals surface area (Å²) in [5, 5.41) is 25.8. The fourth-order valence-electron chi connectivity index (χ4n) is 8.05. The van der Waals surface area contributed by atoms with Gasteiger partial charge in [0.1, 0.15) is 36.0 Å². The van der Waals surface area contributed by atoms with E-state index in [1.807, 2.05) is 99.6 Å². The number of carbonyl (C=O) groups excluding carboxylic acids is 6. The maximum Gasteiger partial charge on any atom is 0.243 e. The van der Waals surface area contributed by atoms with Gasteiger partial charge in [-0.1, -0.05) is 112 Å². The molecular formula is C51H60N8O7. The van der Waals surface area contributed by atoms with Crippen LogP contribution in [0.25, 0.3) is 21.8 Å². The molecule has 0 saturated carbocycles. The number of hydrogen-bond acceptors (Lipinski definition) is 7. The Labute approximate surface area is 384 Å². The summed E-state index contributed by atoms with van der Waals surface area (Å²) in [5.74, 6) is -3.65. The smallest absolute Gasteiger partial charge is 0.243 e. The molecule has 0 aliphatic rings. The molecule has 0 unspecified atom stereocenters. The summed E-state index contributed by atoms with van der Waals surface area (Å²) < 4.78 is 0. The second-order valence-electron chi connectivity index (χ2n) is 17.2. The molecule has 10 N–H and O–H groups in total. The predicted octanol–water partition coefficient (Wildman–Crippen LogP) is 4.77. The number of aromatic amines is 2. The van der Waals surface area contributed by atoms with Crippen molar-refractivity contribution in [3.8, 4) is 5.75 Å². The van der Waals surface area contributed by atoms with Crippen LogP contribution in [0.15, 0.2) is 116 Å². The van der Waals surface area contributed by atoms with Crippen LogP contribution in [0, 0.1) is 5.92 Å². The molecule has 5 atom stereocenters. The number of phenols is 1. The van der Waals surface area contributed by atoms with Crippen LogP contribution in [-0.2, 0) is 54.5 Å². The molecule has 66 heavy (non-hydrogen) atoms. The number of primary amides is 1. The zero-order chi connectivity index (χ0) is 47.2. The maximum absolute atomic E-state index is 14.8. The Morgan fingerprint density at radius 2 is 1.03 bits per heavy atom. The molecule has 2 heterocycles. The number of fused-ring (bicyclic) bond motifs is 2. The second-order valence-corrected chi connectivity index (χ2v) is 17.2. The van der Waals surface area contributed by atoms with Gasteiger partial charge in [-0.25, -0.2) is 0 Å². The van der Waals surface area contributed by atoms with E-state index in [-0.39, 0.29) is 43.8 Å². The average Bonchev–Trinajstić information content (AvgIpc) is 3.91. The molecule has 15 heteroatoms. The molecule has 6 aromatic rings. The summed E-state index contributed by atoms with van der Waals surface area (Å²) in [4.78, 5) is 90.0. The van der Waals surface area contributed by atoms with E-state index in [2.05, 4.69) is 36.6 Å². The lowest BCUT2D eigenvalue weighted by atomic mass is 9.99. The van der Waals surface area contributed by atoms with Crippen LogP contribution >= 0.6 is 0 Å². The van der Waals surface area contributed by atoms with Crippen molar-refractivity contribution in [2.75, 3.05) is 0 Å². The van der Waals surface area contributed by atoms with Gasteiger partial charge in [0, 0.05) is 53.5 Å². The zero-order valence-corrected chi connectivity index (χ0v) is 37.6. The van der Waals surface area contributed by atoms with E-state index in [9.17, 15) is 33.9 Å². The summed E-state index contributed by atoms with van der Waals surface area (Å²) in [6, 6.07) is 24.8. The number of nitrogens with two attached hydrogens (primary N) is 1. The molecule has 0 spiro atoms. The highest BCUT2D eigenvalue weighted by Crippen LogP contribution is 2.22. The topological polar surface area (TPSA) is 240 Å². The number of H-pyrrole nitrogens is 2. The summed E-state index contributed by atoms with van der Waals surface area (Å²) in [6.07, 6.45) is 5.62. The van der Waals surface area contributed by atoms with Gasteiger partial charge >= 0.3 is 0 Å². The van der Waals surface area contributed by atoms with Gasteiger partial charge in [0.05, 0.1) is 6.42 Å². The third-order valence-electron chi connectivity index (χ3n) is 11.5. The van der Waals surface area contributed by atoms with Crippen molar-refractivity contribution >= 4 is 57.2 Å². The number of benzene rings is 4. The minimum Gasteiger partial charge on any atom is -0.508 e. The van der Waals surface area contributed by atoms with Crippen LogP contribution < -0.4 is 32.3 Å². The molecule has 0 saturated heterocycles. The summed E-state index contributed by atoms with van der Waals surface area (Å²) in [6.45, 7) is 5.76. The number of hydrogen-bond donors (Lipinski definition) is 9. The average molecular weight is 897 g/mol. The van der Waals surface area contributed by atoms with Gasteiger partial charge < -0.3 is 47.4 Å². The fourth-order valence-corrected chi connectivity index (χ4v) is 8.05. The lowest BCUT2D eigenvalue weighted by Crippen LogP contribution is -2.60. The van der Waals surface area contributed by atoms with Gasteiger partial charge in [0.15, 0.2) is 0 Å². The SMILES string of the molecule is CCCC[C@H](NC(=O)[C@H](CC(C)C)NC(=O)[C@@H](Cc1c[nH]c2ccccc12)NC(=O)[C@H](Cc1ccccc1)NC(=O)[C@@H](Cc1c[nH]c2ccccc12)NC(=O)Cc1ccc(O)cc1)C(N)=O. The number of rotatable bonds is 23. The summed E-state index contributed by atoms with van der Waals surface area (Å²) in [7, 11) is 0. The molecule has 346 valence electrons. The Morgan fingerprint density at radius 1 is 0.561 bits per heavy atom. The normalized spacial score (nSPS) is 13.6. The van der Waals surface area contributed by atoms with Crippen molar-refractivity contribution in [1.82, 2.24) is 36.6 Å². The number of aromatic nitrogens is 2. The minimum atomic E-state index is -1.24. The van der Waals surface area contributed by atoms with E-state index in [4.69, 9.17) is 5.73 Å². The molecule has 0 bridgehead atoms. The Morgan fingerprint density at radius 3 is 1.56 bits per heavy atom. The van der Waals surface area contributed by atoms with E-state index >= 15 is 0 Å². The first-order chi connectivity index (χ1) is 31.8. The molecular weight excluding hydrogens is 837 g/mol. The van der Waals surface area contributed by atoms with Gasteiger partial charge in [0.2, 0.25) is 35.4 Å². The van der Waals surface area contributed by atoms with Crippen molar-refractivity contribution in [3.05, 3.63) is 138 Å². The zero-order valence-electron chi connectivity index (χ0n) is 37.6. The Kier molecular flexibility index (Phi) is 16.7. The highest BCUT2D eigenvalue weighted by Gasteiger charge is 2.33. The number of aromatic hydroxyl groups is 1. The monoisotopic (exact) mass is 896 g/mol. The number of unbranched alkanes of at least 4 members (excludes halogenated alkanes) is 1. The number of amides is 6. The van der Waals surface area contributed by atoms with E-state index < -0.39 is 65.7 Å². The predicted molar refractivity (Wildman–Crippen MR) is 254 cm³/mol. The number of phenolic OH excluding ortho intramolecular Hbond substituents is 1. The molecule has 2 aromatic heterocycles. The van der Waals surface area contributed by atoms with Crippen molar-refractivity contribution in [3.63, 3.8) is 0 Å². The Bertz CT molecular complexity index is 2600.